The van der Waals surface area contributed by atoms with Gasteiger partial charge in [0.1, 0.15) is 5.75 Å². The first-order chi connectivity index (χ1) is 9.06. The average Bonchev–Trinajstić information content (AvgIpc) is 3.10. The fraction of sp³-hybridized carbons (Fsp3) is 0.429. The number of hydrogen-bond donors (Lipinski definition) is 2. The van der Waals surface area contributed by atoms with Gasteiger partial charge in [-0.2, -0.15) is 0 Å². The highest BCUT2D eigenvalue weighted by molar-refractivity contribution is 5.94. The van der Waals surface area contributed by atoms with Crippen molar-refractivity contribution >= 4 is 11.9 Å². The highest BCUT2D eigenvalue weighted by Crippen LogP contribution is 2.36. The number of nitrogens with one attached hydrogen (secondary N) is 1. The van der Waals surface area contributed by atoms with E-state index in [0.717, 1.165) is 0 Å². The molecule has 0 radical (unpaired) electrons. The zero-order valence-corrected chi connectivity index (χ0v) is 10.8. The minimum atomic E-state index is -1.04. The van der Waals surface area contributed by atoms with E-state index in [1.54, 1.807) is 24.3 Å². The second-order valence-electron chi connectivity index (χ2n) is 4.89. The van der Waals surface area contributed by atoms with E-state index in [1.165, 1.54) is 6.42 Å². The maximum atomic E-state index is 11.9. The summed E-state index contributed by atoms with van der Waals surface area (Å²) in [6, 6.07) is 6.53. The lowest BCUT2D eigenvalue weighted by Gasteiger charge is -2.07. The smallest absolute Gasteiger partial charge is 0.341 e. The molecule has 0 saturated heterocycles. The lowest BCUT2D eigenvalue weighted by atomic mass is 10.2. The molecule has 1 aromatic carbocycles. The quantitative estimate of drug-likeness (QED) is 0.816. The van der Waals surface area contributed by atoms with Gasteiger partial charge in [0.2, 0.25) is 0 Å². The molecule has 5 nitrogen and oxygen atoms in total. The van der Waals surface area contributed by atoms with E-state index in [1.807, 2.05) is 0 Å². The van der Waals surface area contributed by atoms with Crippen LogP contribution >= 0.6 is 0 Å². The lowest BCUT2D eigenvalue weighted by molar-refractivity contribution is -0.139. The predicted octanol–water partition coefficient (Wildman–Crippen LogP) is 1.54. The second-order valence-corrected chi connectivity index (χ2v) is 4.89. The normalized spacial score (nSPS) is 20.7. The molecular weight excluding hydrogens is 246 g/mol. The van der Waals surface area contributed by atoms with Crippen LogP contribution in [-0.2, 0) is 4.79 Å². The van der Waals surface area contributed by atoms with Crippen LogP contribution < -0.4 is 10.1 Å². The van der Waals surface area contributed by atoms with E-state index >= 15 is 0 Å². The third kappa shape index (κ3) is 3.98. The van der Waals surface area contributed by atoms with Crippen molar-refractivity contribution in [2.45, 2.75) is 13.3 Å². The minimum Gasteiger partial charge on any atom is -0.482 e. The van der Waals surface area contributed by atoms with Crippen LogP contribution in [0.1, 0.15) is 23.7 Å². The number of carboxylic acids is 1. The number of amides is 1. The van der Waals surface area contributed by atoms with Crippen LogP contribution in [0.3, 0.4) is 0 Å². The molecule has 0 aliphatic heterocycles. The number of carbonyl (C=O) groups is 2. The van der Waals surface area contributed by atoms with Crippen molar-refractivity contribution in [3.05, 3.63) is 29.8 Å². The summed E-state index contributed by atoms with van der Waals surface area (Å²) in [5.41, 5.74) is 0.483. The van der Waals surface area contributed by atoms with Gasteiger partial charge in [-0.3, -0.25) is 4.79 Å². The second kappa shape index (κ2) is 5.73. The maximum absolute atomic E-state index is 11.9. The number of rotatable bonds is 6. The Kier molecular flexibility index (Phi) is 4.04. The Morgan fingerprint density at radius 1 is 1.47 bits per heavy atom. The van der Waals surface area contributed by atoms with Gasteiger partial charge in [-0.25, -0.2) is 4.79 Å². The summed E-state index contributed by atoms with van der Waals surface area (Å²) in [7, 11) is 0. The molecule has 2 atom stereocenters. The molecule has 0 spiro atoms. The van der Waals surface area contributed by atoms with Crippen LogP contribution in [0.15, 0.2) is 24.3 Å². The number of carboxylic acid groups (broad SMARTS) is 1. The Morgan fingerprint density at radius 2 is 2.21 bits per heavy atom. The first-order valence-electron chi connectivity index (χ1n) is 6.29. The molecule has 102 valence electrons. The zero-order valence-electron chi connectivity index (χ0n) is 10.8. The van der Waals surface area contributed by atoms with Gasteiger partial charge < -0.3 is 15.2 Å². The molecule has 0 aromatic heterocycles. The molecule has 1 aliphatic carbocycles. The van der Waals surface area contributed by atoms with E-state index in [0.29, 0.717) is 29.7 Å². The molecule has 0 bridgehead atoms. The Bertz CT molecular complexity index is 486. The molecule has 19 heavy (non-hydrogen) atoms. The monoisotopic (exact) mass is 263 g/mol. The number of carbonyl (C=O) groups excluding carboxylic acids is 1. The maximum Gasteiger partial charge on any atom is 0.341 e. The summed E-state index contributed by atoms with van der Waals surface area (Å²) in [5.74, 6) is 0.480. The topological polar surface area (TPSA) is 75.6 Å². The van der Waals surface area contributed by atoms with Crippen molar-refractivity contribution < 1.29 is 19.4 Å². The summed E-state index contributed by atoms with van der Waals surface area (Å²) in [4.78, 5) is 22.3. The SMILES string of the molecule is CC1CC1CNC(=O)c1cccc(OCC(=O)O)c1. The molecule has 5 heteroatoms. The van der Waals surface area contributed by atoms with Crippen LogP contribution in [0.25, 0.3) is 0 Å². The molecule has 1 aromatic rings. The van der Waals surface area contributed by atoms with Crippen LogP contribution in [0.5, 0.6) is 5.75 Å². The molecule has 1 saturated carbocycles. The van der Waals surface area contributed by atoms with Gasteiger partial charge in [-0.1, -0.05) is 13.0 Å². The average molecular weight is 263 g/mol. The fourth-order valence-corrected chi connectivity index (χ4v) is 1.88. The third-order valence-corrected chi connectivity index (χ3v) is 3.26. The van der Waals surface area contributed by atoms with Gasteiger partial charge in [0.05, 0.1) is 0 Å². The molecule has 0 heterocycles. The zero-order chi connectivity index (χ0) is 13.8. The molecule has 1 amide bonds. The van der Waals surface area contributed by atoms with Gasteiger partial charge in [0.25, 0.3) is 5.91 Å². The Morgan fingerprint density at radius 3 is 2.84 bits per heavy atom. The van der Waals surface area contributed by atoms with Crippen LogP contribution in [0.4, 0.5) is 0 Å². The Labute approximate surface area is 111 Å². The summed E-state index contributed by atoms with van der Waals surface area (Å²) < 4.78 is 5.03. The van der Waals surface area contributed by atoms with E-state index in [4.69, 9.17) is 9.84 Å². The predicted molar refractivity (Wildman–Crippen MR) is 69.2 cm³/mol. The molecular formula is C14H17NO4. The minimum absolute atomic E-state index is 0.153. The molecule has 2 unspecified atom stereocenters. The fourth-order valence-electron chi connectivity index (χ4n) is 1.88. The summed E-state index contributed by atoms with van der Waals surface area (Å²) in [6.45, 7) is 2.45. The number of aliphatic carboxylic acids is 1. The first-order valence-corrected chi connectivity index (χ1v) is 6.29. The highest BCUT2D eigenvalue weighted by Gasteiger charge is 2.32. The van der Waals surface area contributed by atoms with Crippen molar-refractivity contribution in [1.82, 2.24) is 5.32 Å². The number of benzene rings is 1. The van der Waals surface area contributed by atoms with Crippen LogP contribution in [-0.4, -0.2) is 30.1 Å². The molecule has 1 fully saturated rings. The molecule has 1 aliphatic rings. The summed E-state index contributed by atoms with van der Waals surface area (Å²) in [6.07, 6.45) is 1.17. The standard InChI is InChI=1S/C14H17NO4/c1-9-5-11(9)7-15-14(18)10-3-2-4-12(6-10)19-8-13(16)17/h2-4,6,9,11H,5,7-8H2,1H3,(H,15,18)(H,16,17). The van der Waals surface area contributed by atoms with Crippen LogP contribution in [0, 0.1) is 11.8 Å². The number of ether oxygens (including phenoxy) is 1. The summed E-state index contributed by atoms with van der Waals surface area (Å²) in [5, 5.41) is 11.4. The Balaban J connectivity index is 1.89. The number of hydrogen-bond acceptors (Lipinski definition) is 3. The van der Waals surface area contributed by atoms with Gasteiger partial charge in [0.15, 0.2) is 6.61 Å². The van der Waals surface area contributed by atoms with E-state index < -0.39 is 12.6 Å². The van der Waals surface area contributed by atoms with Gasteiger partial charge in [-0.15, -0.1) is 0 Å². The Hall–Kier alpha value is -2.04. The van der Waals surface area contributed by atoms with Crippen molar-refractivity contribution in [2.75, 3.05) is 13.2 Å². The highest BCUT2D eigenvalue weighted by atomic mass is 16.5. The van der Waals surface area contributed by atoms with E-state index in [9.17, 15) is 9.59 Å². The van der Waals surface area contributed by atoms with Gasteiger partial charge >= 0.3 is 5.97 Å². The first kappa shape index (κ1) is 13.4. The molecule has 2 N–H and O–H groups in total. The largest absolute Gasteiger partial charge is 0.482 e. The lowest BCUT2D eigenvalue weighted by Crippen LogP contribution is -2.25. The third-order valence-electron chi connectivity index (χ3n) is 3.26. The van der Waals surface area contributed by atoms with Gasteiger partial charge in [0, 0.05) is 12.1 Å². The summed E-state index contributed by atoms with van der Waals surface area (Å²) >= 11 is 0. The van der Waals surface area contributed by atoms with Crippen molar-refractivity contribution in [1.29, 1.82) is 0 Å². The van der Waals surface area contributed by atoms with E-state index in [-0.39, 0.29) is 5.91 Å². The molecule has 2 rings (SSSR count). The van der Waals surface area contributed by atoms with Crippen molar-refractivity contribution in [2.24, 2.45) is 11.8 Å². The van der Waals surface area contributed by atoms with Crippen molar-refractivity contribution in [3.63, 3.8) is 0 Å². The van der Waals surface area contributed by atoms with Crippen LogP contribution in [0.2, 0.25) is 0 Å². The van der Waals surface area contributed by atoms with E-state index in [2.05, 4.69) is 12.2 Å². The van der Waals surface area contributed by atoms with Gasteiger partial charge in [-0.05, 0) is 36.5 Å². The van der Waals surface area contributed by atoms with Crippen molar-refractivity contribution in [3.8, 4) is 5.75 Å².